The van der Waals surface area contributed by atoms with Crippen LogP contribution >= 0.6 is 0 Å². The molecule has 0 aliphatic heterocycles. The number of para-hydroxylation sites is 2. The first kappa shape index (κ1) is 22.3. The SMILES string of the molecule is Cc1ccc(NC(=O)CCc2c(C)nn(-c3ccccc3C)c2Oc2ccccc2F)cc1. The molecule has 1 N–H and O–H groups in total. The van der Waals surface area contributed by atoms with Gasteiger partial charge in [0, 0.05) is 17.7 Å². The van der Waals surface area contributed by atoms with Crippen molar-refractivity contribution in [3.05, 3.63) is 101 Å². The molecule has 0 bridgehead atoms. The summed E-state index contributed by atoms with van der Waals surface area (Å²) in [6, 6.07) is 21.7. The Morgan fingerprint density at radius 1 is 0.970 bits per heavy atom. The van der Waals surface area contributed by atoms with Crippen molar-refractivity contribution in [2.45, 2.75) is 33.6 Å². The second-order valence-corrected chi connectivity index (χ2v) is 8.01. The fourth-order valence-corrected chi connectivity index (χ4v) is 3.63. The molecule has 0 aliphatic rings. The van der Waals surface area contributed by atoms with Gasteiger partial charge >= 0.3 is 0 Å². The smallest absolute Gasteiger partial charge is 0.226 e. The molecule has 0 spiro atoms. The summed E-state index contributed by atoms with van der Waals surface area (Å²) in [4.78, 5) is 12.6. The molecule has 33 heavy (non-hydrogen) atoms. The van der Waals surface area contributed by atoms with E-state index in [1.165, 1.54) is 6.07 Å². The average molecular weight is 444 g/mol. The molecule has 0 saturated carbocycles. The van der Waals surface area contributed by atoms with Crippen molar-refractivity contribution in [2.75, 3.05) is 5.32 Å². The predicted octanol–water partition coefficient (Wildman–Crippen LogP) is 6.30. The zero-order valence-electron chi connectivity index (χ0n) is 18.9. The van der Waals surface area contributed by atoms with Crippen molar-refractivity contribution in [1.82, 2.24) is 9.78 Å². The van der Waals surface area contributed by atoms with Gasteiger partial charge in [-0.25, -0.2) is 4.39 Å². The number of benzene rings is 3. The standard InChI is InChI=1S/C27H26FN3O2/c1-18-12-14-21(15-13-18)29-26(32)17-16-22-20(3)30-31(24-10-6-4-8-19(24)2)27(22)33-25-11-7-5-9-23(25)28/h4-15H,16-17H2,1-3H3,(H,29,32). The molecule has 5 nitrogen and oxygen atoms in total. The summed E-state index contributed by atoms with van der Waals surface area (Å²) in [5, 5.41) is 7.59. The molecule has 1 heterocycles. The highest BCUT2D eigenvalue weighted by Gasteiger charge is 2.21. The van der Waals surface area contributed by atoms with Crippen LogP contribution in [-0.4, -0.2) is 15.7 Å². The van der Waals surface area contributed by atoms with Gasteiger partial charge in [0.2, 0.25) is 11.8 Å². The predicted molar refractivity (Wildman–Crippen MR) is 128 cm³/mol. The molecule has 3 aromatic carbocycles. The fraction of sp³-hybridized carbons (Fsp3) is 0.185. The van der Waals surface area contributed by atoms with Crippen molar-refractivity contribution in [1.29, 1.82) is 0 Å². The van der Waals surface area contributed by atoms with E-state index in [0.717, 1.165) is 33.8 Å². The van der Waals surface area contributed by atoms with E-state index >= 15 is 0 Å². The molecule has 4 aromatic rings. The molecular weight excluding hydrogens is 417 g/mol. The number of nitrogens with one attached hydrogen (secondary N) is 1. The topological polar surface area (TPSA) is 56.2 Å². The van der Waals surface area contributed by atoms with Crippen LogP contribution in [0.5, 0.6) is 11.6 Å². The average Bonchev–Trinajstić information content (AvgIpc) is 3.10. The summed E-state index contributed by atoms with van der Waals surface area (Å²) in [5.74, 6) is -0.0536. The molecule has 0 radical (unpaired) electrons. The van der Waals surface area contributed by atoms with Gasteiger partial charge in [0.05, 0.1) is 11.4 Å². The summed E-state index contributed by atoms with van der Waals surface area (Å²) < 4.78 is 22.1. The minimum atomic E-state index is -0.462. The van der Waals surface area contributed by atoms with E-state index in [-0.39, 0.29) is 18.1 Å². The van der Waals surface area contributed by atoms with E-state index in [2.05, 4.69) is 10.4 Å². The van der Waals surface area contributed by atoms with E-state index in [9.17, 15) is 9.18 Å². The highest BCUT2D eigenvalue weighted by Crippen LogP contribution is 2.33. The van der Waals surface area contributed by atoms with Crippen LogP contribution in [0, 0.1) is 26.6 Å². The number of halogens is 1. The van der Waals surface area contributed by atoms with Crippen LogP contribution in [-0.2, 0) is 11.2 Å². The normalized spacial score (nSPS) is 10.8. The third-order valence-corrected chi connectivity index (χ3v) is 5.46. The third kappa shape index (κ3) is 5.12. The minimum Gasteiger partial charge on any atom is -0.436 e. The minimum absolute atomic E-state index is 0.109. The first-order valence-electron chi connectivity index (χ1n) is 10.9. The summed E-state index contributed by atoms with van der Waals surface area (Å²) in [6.07, 6.45) is 0.640. The van der Waals surface area contributed by atoms with Gasteiger partial charge < -0.3 is 10.1 Å². The van der Waals surface area contributed by atoms with Crippen molar-refractivity contribution in [3.8, 4) is 17.3 Å². The van der Waals surface area contributed by atoms with Crippen LogP contribution in [0.4, 0.5) is 10.1 Å². The number of hydrogen-bond donors (Lipinski definition) is 1. The van der Waals surface area contributed by atoms with Gasteiger partial charge in [-0.15, -0.1) is 0 Å². The lowest BCUT2D eigenvalue weighted by Crippen LogP contribution is -2.12. The first-order valence-corrected chi connectivity index (χ1v) is 10.9. The van der Waals surface area contributed by atoms with Crippen molar-refractivity contribution >= 4 is 11.6 Å². The second kappa shape index (κ2) is 9.69. The van der Waals surface area contributed by atoms with Crippen LogP contribution in [0.1, 0.15) is 28.8 Å². The second-order valence-electron chi connectivity index (χ2n) is 8.01. The molecule has 1 aromatic heterocycles. The zero-order valence-corrected chi connectivity index (χ0v) is 18.9. The number of carbonyl (C=O) groups is 1. The van der Waals surface area contributed by atoms with Gasteiger partial charge in [-0.1, -0.05) is 48.0 Å². The number of aryl methyl sites for hydroxylation is 3. The molecule has 4 rings (SSSR count). The molecule has 6 heteroatoms. The molecule has 0 saturated heterocycles. The Balaban J connectivity index is 1.64. The maximum Gasteiger partial charge on any atom is 0.226 e. The van der Waals surface area contributed by atoms with Crippen LogP contribution in [0.15, 0.2) is 72.8 Å². The molecule has 1 amide bonds. The number of carbonyl (C=O) groups excluding carboxylic acids is 1. The molecule has 0 aliphatic carbocycles. The number of ether oxygens (including phenoxy) is 1. The Morgan fingerprint density at radius 3 is 2.39 bits per heavy atom. The van der Waals surface area contributed by atoms with Crippen LogP contribution in [0.3, 0.4) is 0 Å². The maximum absolute atomic E-state index is 14.4. The third-order valence-electron chi connectivity index (χ3n) is 5.46. The number of anilines is 1. The number of nitrogens with zero attached hydrogens (tertiary/aromatic N) is 2. The highest BCUT2D eigenvalue weighted by molar-refractivity contribution is 5.90. The van der Waals surface area contributed by atoms with Gasteiger partial charge in [0.1, 0.15) is 0 Å². The van der Waals surface area contributed by atoms with E-state index in [1.807, 2.05) is 69.3 Å². The molecule has 168 valence electrons. The lowest BCUT2D eigenvalue weighted by molar-refractivity contribution is -0.116. The molecular formula is C27H26FN3O2. The van der Waals surface area contributed by atoms with Crippen molar-refractivity contribution < 1.29 is 13.9 Å². The van der Waals surface area contributed by atoms with E-state index < -0.39 is 5.82 Å². The van der Waals surface area contributed by atoms with Crippen molar-refractivity contribution in [3.63, 3.8) is 0 Å². The Labute approximate surface area is 192 Å². The van der Waals surface area contributed by atoms with Gasteiger partial charge in [-0.3, -0.25) is 4.79 Å². The largest absolute Gasteiger partial charge is 0.436 e. The Bertz CT molecular complexity index is 1280. The van der Waals surface area contributed by atoms with Gasteiger partial charge in [0.15, 0.2) is 11.6 Å². The van der Waals surface area contributed by atoms with Gasteiger partial charge in [0.25, 0.3) is 0 Å². The van der Waals surface area contributed by atoms with Crippen LogP contribution in [0.25, 0.3) is 5.69 Å². The summed E-state index contributed by atoms with van der Waals surface area (Å²) in [6.45, 7) is 5.85. The Morgan fingerprint density at radius 2 is 1.67 bits per heavy atom. The maximum atomic E-state index is 14.4. The van der Waals surface area contributed by atoms with E-state index in [4.69, 9.17) is 4.74 Å². The monoisotopic (exact) mass is 443 g/mol. The first-order chi connectivity index (χ1) is 15.9. The number of aromatic nitrogens is 2. The van der Waals surface area contributed by atoms with Crippen LogP contribution < -0.4 is 10.1 Å². The summed E-state index contributed by atoms with van der Waals surface area (Å²) in [5.41, 5.74) is 5.21. The summed E-state index contributed by atoms with van der Waals surface area (Å²) in [7, 11) is 0. The number of amides is 1. The van der Waals surface area contributed by atoms with E-state index in [0.29, 0.717) is 12.3 Å². The molecule has 0 fully saturated rings. The highest BCUT2D eigenvalue weighted by atomic mass is 19.1. The Hall–Kier alpha value is -3.93. The Kier molecular flexibility index (Phi) is 6.54. The lowest BCUT2D eigenvalue weighted by atomic mass is 10.1. The number of rotatable bonds is 7. The van der Waals surface area contributed by atoms with E-state index in [1.54, 1.807) is 22.9 Å². The van der Waals surface area contributed by atoms with Gasteiger partial charge in [-0.05, 0) is 63.1 Å². The number of hydrogen-bond acceptors (Lipinski definition) is 3. The quantitative estimate of drug-likeness (QED) is 0.365. The summed E-state index contributed by atoms with van der Waals surface area (Å²) >= 11 is 0. The lowest BCUT2D eigenvalue weighted by Gasteiger charge is -2.13. The van der Waals surface area contributed by atoms with Crippen LogP contribution in [0.2, 0.25) is 0 Å². The van der Waals surface area contributed by atoms with Gasteiger partial charge in [-0.2, -0.15) is 9.78 Å². The zero-order chi connectivity index (χ0) is 23.4. The molecule has 0 unspecified atom stereocenters. The van der Waals surface area contributed by atoms with Crippen molar-refractivity contribution in [2.24, 2.45) is 0 Å². The fourth-order valence-electron chi connectivity index (χ4n) is 3.63. The molecule has 0 atom stereocenters.